The highest BCUT2D eigenvalue weighted by molar-refractivity contribution is 6.10. The molecule has 1 aromatic heterocycles. The molecule has 0 aliphatic rings. The van der Waals surface area contributed by atoms with Crippen molar-refractivity contribution in [2.24, 2.45) is 0 Å². The minimum Gasteiger partial charge on any atom is -0.353 e. The number of carbonyl (C=O) groups is 1. The van der Waals surface area contributed by atoms with Crippen molar-refractivity contribution in [3.8, 4) is 11.3 Å². The van der Waals surface area contributed by atoms with Crippen LogP contribution < -0.4 is 10.6 Å². The number of hydrogen-bond donors (Lipinski definition) is 3. The quantitative estimate of drug-likeness (QED) is 0.407. The van der Waals surface area contributed by atoms with E-state index in [4.69, 9.17) is 0 Å². The summed E-state index contributed by atoms with van der Waals surface area (Å²) >= 11 is 0. The number of aromatic nitrogens is 1. The molecule has 4 aromatic rings. The number of halogens is 3. The molecule has 0 radical (unpaired) electrons. The summed E-state index contributed by atoms with van der Waals surface area (Å²) in [5.74, 6) is -1.99. The summed E-state index contributed by atoms with van der Waals surface area (Å²) < 4.78 is 40.1. The number of urea groups is 1. The Balaban J connectivity index is 1.70. The van der Waals surface area contributed by atoms with E-state index in [1.165, 1.54) is 12.1 Å². The molecule has 3 N–H and O–H groups in total. The van der Waals surface area contributed by atoms with Crippen LogP contribution in [0.4, 0.5) is 29.3 Å². The van der Waals surface area contributed by atoms with Crippen molar-refractivity contribution in [2.75, 3.05) is 10.6 Å². The number of amides is 2. The van der Waals surface area contributed by atoms with Gasteiger partial charge in [0.25, 0.3) is 0 Å². The summed E-state index contributed by atoms with van der Waals surface area (Å²) in [7, 11) is 0. The molecule has 0 bridgehead atoms. The van der Waals surface area contributed by atoms with E-state index in [0.717, 1.165) is 23.0 Å². The maximum absolute atomic E-state index is 13.8. The van der Waals surface area contributed by atoms with E-state index in [0.29, 0.717) is 23.0 Å². The molecule has 28 heavy (non-hydrogen) atoms. The fourth-order valence-electron chi connectivity index (χ4n) is 2.96. The predicted octanol–water partition coefficient (Wildman–Crippen LogP) is 5.90. The second-order valence-electron chi connectivity index (χ2n) is 6.13. The molecule has 3 aromatic carbocycles. The van der Waals surface area contributed by atoms with Gasteiger partial charge in [0.15, 0.2) is 0 Å². The zero-order valence-electron chi connectivity index (χ0n) is 14.4. The Labute approximate surface area is 158 Å². The van der Waals surface area contributed by atoms with Gasteiger partial charge in [-0.25, -0.2) is 18.0 Å². The number of benzene rings is 3. The molecule has 4 rings (SSSR count). The average molecular weight is 381 g/mol. The molecule has 140 valence electrons. The van der Waals surface area contributed by atoms with E-state index in [2.05, 4.69) is 15.6 Å². The second kappa shape index (κ2) is 7.11. The molecule has 0 aliphatic carbocycles. The second-order valence-corrected chi connectivity index (χ2v) is 6.13. The Kier molecular flexibility index (Phi) is 4.49. The first-order chi connectivity index (χ1) is 13.5. The van der Waals surface area contributed by atoms with Crippen molar-refractivity contribution in [1.29, 1.82) is 0 Å². The van der Waals surface area contributed by atoms with Crippen molar-refractivity contribution in [3.63, 3.8) is 0 Å². The van der Waals surface area contributed by atoms with Gasteiger partial charge in [0.2, 0.25) is 0 Å². The molecule has 0 atom stereocenters. The highest BCUT2D eigenvalue weighted by Crippen LogP contribution is 2.35. The zero-order chi connectivity index (χ0) is 19.7. The van der Waals surface area contributed by atoms with E-state index in [-0.39, 0.29) is 11.5 Å². The van der Waals surface area contributed by atoms with Crippen molar-refractivity contribution in [3.05, 3.63) is 84.2 Å². The van der Waals surface area contributed by atoms with Crippen molar-refractivity contribution in [1.82, 2.24) is 4.98 Å². The van der Waals surface area contributed by atoms with Crippen molar-refractivity contribution < 1.29 is 18.0 Å². The lowest BCUT2D eigenvalue weighted by atomic mass is 10.1. The molecule has 4 nitrogen and oxygen atoms in total. The SMILES string of the molecule is O=C(Nc1ccc(F)cc1F)Nc1c(-c2ccc(F)cc2)[nH]c2ccccc12. The fourth-order valence-corrected chi connectivity index (χ4v) is 2.96. The molecule has 0 fully saturated rings. The molecular formula is C21H14F3N3O. The lowest BCUT2D eigenvalue weighted by Crippen LogP contribution is -2.20. The first-order valence-corrected chi connectivity index (χ1v) is 8.41. The Morgan fingerprint density at radius 1 is 0.821 bits per heavy atom. The number of H-pyrrole nitrogens is 1. The summed E-state index contributed by atoms with van der Waals surface area (Å²) in [5, 5.41) is 5.80. The summed E-state index contributed by atoms with van der Waals surface area (Å²) in [6, 6.07) is 15.3. The lowest BCUT2D eigenvalue weighted by molar-refractivity contribution is 0.262. The number of para-hydroxylation sites is 1. The minimum atomic E-state index is -0.882. The van der Waals surface area contributed by atoms with Gasteiger partial charge in [-0.1, -0.05) is 18.2 Å². The Hall–Kier alpha value is -3.74. The largest absolute Gasteiger partial charge is 0.353 e. The van der Waals surface area contributed by atoms with Gasteiger partial charge in [0.1, 0.15) is 17.5 Å². The van der Waals surface area contributed by atoms with Crippen LogP contribution in [0.25, 0.3) is 22.2 Å². The van der Waals surface area contributed by atoms with E-state index < -0.39 is 17.7 Å². The topological polar surface area (TPSA) is 56.9 Å². The summed E-state index contributed by atoms with van der Waals surface area (Å²) in [6.07, 6.45) is 0. The van der Waals surface area contributed by atoms with Crippen LogP contribution in [0.3, 0.4) is 0 Å². The highest BCUT2D eigenvalue weighted by atomic mass is 19.1. The molecule has 7 heteroatoms. The highest BCUT2D eigenvalue weighted by Gasteiger charge is 2.16. The average Bonchev–Trinajstić information content (AvgIpc) is 3.03. The third-order valence-electron chi connectivity index (χ3n) is 4.26. The molecule has 0 saturated heterocycles. The minimum absolute atomic E-state index is 0.151. The molecule has 2 amide bonds. The van der Waals surface area contributed by atoms with Gasteiger partial charge in [0, 0.05) is 22.5 Å². The number of aromatic amines is 1. The van der Waals surface area contributed by atoms with Gasteiger partial charge < -0.3 is 15.6 Å². The number of hydrogen-bond acceptors (Lipinski definition) is 1. The fraction of sp³-hybridized carbons (Fsp3) is 0. The monoisotopic (exact) mass is 381 g/mol. The number of nitrogens with one attached hydrogen (secondary N) is 3. The van der Waals surface area contributed by atoms with Gasteiger partial charge in [-0.05, 0) is 42.5 Å². The summed E-state index contributed by atoms with van der Waals surface area (Å²) in [6.45, 7) is 0. The van der Waals surface area contributed by atoms with Crippen LogP contribution in [-0.4, -0.2) is 11.0 Å². The zero-order valence-corrected chi connectivity index (χ0v) is 14.4. The van der Waals surface area contributed by atoms with Crippen LogP contribution in [-0.2, 0) is 0 Å². The smallest absolute Gasteiger partial charge is 0.323 e. The first kappa shape index (κ1) is 17.7. The predicted molar refractivity (Wildman–Crippen MR) is 103 cm³/mol. The van der Waals surface area contributed by atoms with Crippen LogP contribution >= 0.6 is 0 Å². The van der Waals surface area contributed by atoms with E-state index in [1.54, 1.807) is 12.1 Å². The van der Waals surface area contributed by atoms with Crippen LogP contribution in [0.1, 0.15) is 0 Å². The van der Waals surface area contributed by atoms with E-state index >= 15 is 0 Å². The summed E-state index contributed by atoms with van der Waals surface area (Å²) in [4.78, 5) is 15.6. The third-order valence-corrected chi connectivity index (χ3v) is 4.26. The van der Waals surface area contributed by atoms with Crippen molar-refractivity contribution in [2.45, 2.75) is 0 Å². The van der Waals surface area contributed by atoms with Gasteiger partial charge in [0.05, 0.1) is 17.1 Å². The maximum atomic E-state index is 13.8. The number of rotatable bonds is 3. The molecule has 0 spiro atoms. The molecule has 0 saturated carbocycles. The first-order valence-electron chi connectivity index (χ1n) is 8.41. The van der Waals surface area contributed by atoms with Gasteiger partial charge in [-0.2, -0.15) is 0 Å². The molecule has 0 aliphatic heterocycles. The van der Waals surface area contributed by atoms with Crippen LogP contribution in [0.5, 0.6) is 0 Å². The van der Waals surface area contributed by atoms with E-state index in [9.17, 15) is 18.0 Å². The third kappa shape index (κ3) is 3.42. The lowest BCUT2D eigenvalue weighted by Gasteiger charge is -2.10. The Bertz CT molecular complexity index is 1170. The van der Waals surface area contributed by atoms with Gasteiger partial charge in [-0.15, -0.1) is 0 Å². The normalized spacial score (nSPS) is 10.8. The maximum Gasteiger partial charge on any atom is 0.323 e. The molecule has 1 heterocycles. The standard InChI is InChI=1S/C21H14F3N3O/c22-13-7-5-12(6-8-13)19-20(15-3-1-2-4-17(15)25-19)27-21(28)26-18-10-9-14(23)11-16(18)24/h1-11,25H,(H2,26,27,28). The van der Waals surface area contributed by atoms with E-state index in [1.807, 2.05) is 24.3 Å². The van der Waals surface area contributed by atoms with Gasteiger partial charge >= 0.3 is 6.03 Å². The van der Waals surface area contributed by atoms with Crippen molar-refractivity contribution >= 4 is 28.3 Å². The Morgan fingerprint density at radius 2 is 1.54 bits per heavy atom. The van der Waals surface area contributed by atoms with Crippen LogP contribution in [0, 0.1) is 17.5 Å². The molecular weight excluding hydrogens is 367 g/mol. The summed E-state index contributed by atoms with van der Waals surface area (Å²) in [5.41, 5.74) is 2.33. The Morgan fingerprint density at radius 3 is 2.29 bits per heavy atom. The molecule has 0 unspecified atom stereocenters. The number of anilines is 2. The number of fused-ring (bicyclic) bond motifs is 1. The van der Waals surface area contributed by atoms with Gasteiger partial charge in [-0.3, -0.25) is 0 Å². The number of carbonyl (C=O) groups excluding carboxylic acids is 1. The van der Waals surface area contributed by atoms with Crippen LogP contribution in [0.15, 0.2) is 66.7 Å². The van der Waals surface area contributed by atoms with Crippen LogP contribution in [0.2, 0.25) is 0 Å².